The molecule has 2 aliphatic heterocycles. The second-order valence-electron chi connectivity index (χ2n) is 9.76. The van der Waals surface area contributed by atoms with Gasteiger partial charge in [0.05, 0.1) is 12.1 Å². The number of nitrogens with zero attached hydrogens (tertiary/aromatic N) is 3. The molecule has 3 amide bonds. The molecule has 1 atom stereocenters. The molecule has 210 valence electrons. The van der Waals surface area contributed by atoms with Crippen LogP contribution >= 0.6 is 0 Å². The van der Waals surface area contributed by atoms with E-state index in [0.717, 1.165) is 57.3 Å². The number of piperazine rings is 1. The van der Waals surface area contributed by atoms with E-state index in [0.29, 0.717) is 25.2 Å². The molecule has 0 aliphatic carbocycles. The van der Waals surface area contributed by atoms with E-state index in [1.165, 1.54) is 30.3 Å². The molecule has 0 spiro atoms. The average molecular weight is 550 g/mol. The molecule has 2 aliphatic rings. The van der Waals surface area contributed by atoms with Crippen LogP contribution in [-0.2, 0) is 11.0 Å². The van der Waals surface area contributed by atoms with Crippen molar-refractivity contribution >= 4 is 17.7 Å². The van der Waals surface area contributed by atoms with E-state index in [1.807, 2.05) is 0 Å². The standard InChI is InChI=1S/C27H31F4N5O3/c28-22-6-4-19(5-7-22)26(39)36-14-12-34(13-15-36)10-11-35-9-8-23(18-35)33-24(37)17-32-25(38)20-2-1-3-21(16-20)27(29,30)31/h1-7,16,23H,8-15,17-18H2,(H,32,38)(H,33,37)/t23-/m1/s1. The summed E-state index contributed by atoms with van der Waals surface area (Å²) >= 11 is 0. The van der Waals surface area contributed by atoms with Crippen molar-refractivity contribution in [2.45, 2.75) is 18.6 Å². The Morgan fingerprint density at radius 1 is 0.872 bits per heavy atom. The summed E-state index contributed by atoms with van der Waals surface area (Å²) < 4.78 is 51.7. The monoisotopic (exact) mass is 549 g/mol. The fourth-order valence-corrected chi connectivity index (χ4v) is 4.76. The van der Waals surface area contributed by atoms with Crippen molar-refractivity contribution in [3.8, 4) is 0 Å². The minimum atomic E-state index is -4.55. The van der Waals surface area contributed by atoms with Crippen LogP contribution < -0.4 is 10.6 Å². The van der Waals surface area contributed by atoms with Crippen molar-refractivity contribution in [1.29, 1.82) is 0 Å². The molecular formula is C27H31F4N5O3. The number of carbonyl (C=O) groups excluding carboxylic acids is 3. The number of hydrogen-bond donors (Lipinski definition) is 2. The van der Waals surface area contributed by atoms with Crippen LogP contribution in [-0.4, -0.2) is 97.4 Å². The zero-order chi connectivity index (χ0) is 28.0. The number of hydrogen-bond acceptors (Lipinski definition) is 5. The van der Waals surface area contributed by atoms with E-state index in [2.05, 4.69) is 20.4 Å². The van der Waals surface area contributed by atoms with Gasteiger partial charge >= 0.3 is 6.18 Å². The Labute approximate surface area is 223 Å². The molecule has 0 saturated carbocycles. The summed E-state index contributed by atoms with van der Waals surface area (Å²) in [5.41, 5.74) is -0.610. The summed E-state index contributed by atoms with van der Waals surface area (Å²) in [6.45, 7) is 5.46. The van der Waals surface area contributed by atoms with Crippen LogP contribution in [0, 0.1) is 5.82 Å². The van der Waals surface area contributed by atoms with Crippen molar-refractivity contribution in [2.75, 3.05) is 58.9 Å². The van der Waals surface area contributed by atoms with Crippen molar-refractivity contribution in [3.05, 3.63) is 71.0 Å². The highest BCUT2D eigenvalue weighted by Gasteiger charge is 2.31. The second-order valence-corrected chi connectivity index (χ2v) is 9.76. The van der Waals surface area contributed by atoms with Gasteiger partial charge in [-0.05, 0) is 48.9 Å². The third kappa shape index (κ3) is 7.99. The Morgan fingerprint density at radius 3 is 2.26 bits per heavy atom. The number of rotatable bonds is 8. The topological polar surface area (TPSA) is 85.0 Å². The summed E-state index contributed by atoms with van der Waals surface area (Å²) in [5.74, 6) is -1.62. The first-order chi connectivity index (χ1) is 18.6. The molecule has 2 N–H and O–H groups in total. The lowest BCUT2D eigenvalue weighted by molar-refractivity contribution is -0.137. The first-order valence-electron chi connectivity index (χ1n) is 12.8. The van der Waals surface area contributed by atoms with Crippen LogP contribution in [0.4, 0.5) is 17.6 Å². The van der Waals surface area contributed by atoms with Crippen LogP contribution in [0.3, 0.4) is 0 Å². The molecule has 2 saturated heterocycles. The fourth-order valence-electron chi connectivity index (χ4n) is 4.76. The Morgan fingerprint density at radius 2 is 1.56 bits per heavy atom. The van der Waals surface area contributed by atoms with Gasteiger partial charge in [0, 0.05) is 69.5 Å². The molecule has 0 unspecified atom stereocenters. The number of nitrogens with one attached hydrogen (secondary N) is 2. The highest BCUT2D eigenvalue weighted by Crippen LogP contribution is 2.29. The molecule has 39 heavy (non-hydrogen) atoms. The summed E-state index contributed by atoms with van der Waals surface area (Å²) in [5, 5.41) is 5.24. The normalized spacial score (nSPS) is 18.7. The van der Waals surface area contributed by atoms with Gasteiger partial charge in [0.2, 0.25) is 5.91 Å². The van der Waals surface area contributed by atoms with Gasteiger partial charge in [-0.15, -0.1) is 0 Å². The number of likely N-dealkylation sites (tertiary alicyclic amines) is 1. The van der Waals surface area contributed by atoms with E-state index in [-0.39, 0.29) is 29.9 Å². The number of benzene rings is 2. The predicted octanol–water partition coefficient (Wildman–Crippen LogP) is 2.22. The maximum absolute atomic E-state index is 13.1. The van der Waals surface area contributed by atoms with Crippen molar-refractivity contribution in [3.63, 3.8) is 0 Å². The van der Waals surface area contributed by atoms with E-state index in [9.17, 15) is 31.9 Å². The summed E-state index contributed by atoms with van der Waals surface area (Å²) in [4.78, 5) is 43.4. The average Bonchev–Trinajstić information content (AvgIpc) is 3.37. The molecule has 2 fully saturated rings. The Bertz CT molecular complexity index is 1170. The van der Waals surface area contributed by atoms with Gasteiger partial charge in [0.15, 0.2) is 0 Å². The minimum Gasteiger partial charge on any atom is -0.350 e. The molecule has 0 radical (unpaired) electrons. The lowest BCUT2D eigenvalue weighted by atomic mass is 10.1. The number of halogens is 4. The maximum atomic E-state index is 13.1. The van der Waals surface area contributed by atoms with Crippen molar-refractivity contribution in [2.24, 2.45) is 0 Å². The summed E-state index contributed by atoms with van der Waals surface area (Å²) in [6, 6.07) is 9.54. The Balaban J connectivity index is 1.12. The molecule has 12 heteroatoms. The zero-order valence-electron chi connectivity index (χ0n) is 21.3. The Kier molecular flexibility index (Phi) is 9.18. The second kappa shape index (κ2) is 12.6. The fraction of sp³-hybridized carbons (Fsp3) is 0.444. The van der Waals surface area contributed by atoms with Gasteiger partial charge in [-0.2, -0.15) is 13.2 Å². The highest BCUT2D eigenvalue weighted by atomic mass is 19.4. The van der Waals surface area contributed by atoms with Crippen LogP contribution in [0.1, 0.15) is 32.7 Å². The minimum absolute atomic E-state index is 0.0758. The van der Waals surface area contributed by atoms with Crippen molar-refractivity contribution in [1.82, 2.24) is 25.3 Å². The molecule has 0 bridgehead atoms. The van der Waals surface area contributed by atoms with Crippen LogP contribution in [0.2, 0.25) is 0 Å². The van der Waals surface area contributed by atoms with E-state index in [1.54, 1.807) is 4.90 Å². The summed E-state index contributed by atoms with van der Waals surface area (Å²) in [7, 11) is 0. The van der Waals surface area contributed by atoms with Crippen molar-refractivity contribution < 1.29 is 31.9 Å². The maximum Gasteiger partial charge on any atom is 0.416 e. The third-order valence-electron chi connectivity index (χ3n) is 6.98. The lowest BCUT2D eigenvalue weighted by Crippen LogP contribution is -2.50. The van der Waals surface area contributed by atoms with Crippen LogP contribution in [0.5, 0.6) is 0 Å². The molecule has 8 nitrogen and oxygen atoms in total. The Hall–Kier alpha value is -3.51. The van der Waals surface area contributed by atoms with Gasteiger partial charge in [0.1, 0.15) is 5.82 Å². The first kappa shape index (κ1) is 28.5. The lowest BCUT2D eigenvalue weighted by Gasteiger charge is -2.35. The van der Waals surface area contributed by atoms with Gasteiger partial charge < -0.3 is 15.5 Å². The van der Waals surface area contributed by atoms with E-state index >= 15 is 0 Å². The van der Waals surface area contributed by atoms with Crippen LogP contribution in [0.25, 0.3) is 0 Å². The largest absolute Gasteiger partial charge is 0.416 e. The molecule has 2 aromatic carbocycles. The SMILES string of the molecule is O=C(CNC(=O)c1cccc(C(F)(F)F)c1)N[C@@H]1CCN(CCN2CCN(C(=O)c3ccc(F)cc3)CC2)C1. The van der Waals surface area contributed by atoms with E-state index < -0.39 is 23.6 Å². The molecule has 2 heterocycles. The smallest absolute Gasteiger partial charge is 0.350 e. The van der Waals surface area contributed by atoms with Gasteiger partial charge in [0.25, 0.3) is 11.8 Å². The number of alkyl halides is 3. The molecule has 0 aromatic heterocycles. The molecule has 4 rings (SSSR count). The quantitative estimate of drug-likeness (QED) is 0.494. The van der Waals surface area contributed by atoms with Crippen LogP contribution in [0.15, 0.2) is 48.5 Å². The molecular weight excluding hydrogens is 518 g/mol. The zero-order valence-corrected chi connectivity index (χ0v) is 21.3. The van der Waals surface area contributed by atoms with E-state index in [4.69, 9.17) is 0 Å². The highest BCUT2D eigenvalue weighted by molar-refractivity contribution is 5.96. The number of amides is 3. The predicted molar refractivity (Wildman–Crippen MR) is 136 cm³/mol. The number of carbonyl (C=O) groups is 3. The van der Waals surface area contributed by atoms with Gasteiger partial charge in [-0.3, -0.25) is 24.2 Å². The third-order valence-corrected chi connectivity index (χ3v) is 6.98. The first-order valence-corrected chi connectivity index (χ1v) is 12.8. The van der Waals surface area contributed by atoms with Gasteiger partial charge in [-0.25, -0.2) is 4.39 Å². The van der Waals surface area contributed by atoms with Gasteiger partial charge in [-0.1, -0.05) is 6.07 Å². The summed E-state index contributed by atoms with van der Waals surface area (Å²) in [6.07, 6.45) is -3.80. The molecule has 2 aromatic rings.